The summed E-state index contributed by atoms with van der Waals surface area (Å²) in [5.74, 6) is 1.53. The number of carbonyl (C=O) groups is 1. The predicted molar refractivity (Wildman–Crippen MR) is 94.7 cm³/mol. The second-order valence-electron chi connectivity index (χ2n) is 5.69. The molecule has 1 aliphatic rings. The molecule has 2 aromatic carbocycles. The van der Waals surface area contributed by atoms with Crippen LogP contribution in [0.15, 0.2) is 42.5 Å². The fourth-order valence-electron chi connectivity index (χ4n) is 2.53. The zero-order valence-corrected chi connectivity index (χ0v) is 14.0. The number of fused-ring (bicyclic) bond motifs is 1. The molecule has 1 aliphatic heterocycles. The maximum absolute atomic E-state index is 12.3. The number of carbonyl (C=O) groups excluding carboxylic acids is 1. The Morgan fingerprint density at radius 2 is 1.84 bits per heavy atom. The zero-order valence-electron chi connectivity index (χ0n) is 14.0. The first-order valence-corrected chi connectivity index (χ1v) is 8.16. The van der Waals surface area contributed by atoms with Gasteiger partial charge in [0.2, 0.25) is 0 Å². The molecule has 0 aliphatic carbocycles. The number of ketones is 1. The SMILES string of the molecule is COc1ccc(O)c(C(=O)C=Cc2ccc3c(c2)OCCCCO3)c1. The third kappa shape index (κ3) is 4.12. The lowest BCUT2D eigenvalue weighted by Crippen LogP contribution is -2.08. The number of methoxy groups -OCH3 is 1. The Balaban J connectivity index is 1.79. The van der Waals surface area contributed by atoms with Gasteiger partial charge in [-0.05, 0) is 54.8 Å². The number of hydrogen-bond acceptors (Lipinski definition) is 5. The summed E-state index contributed by atoms with van der Waals surface area (Å²) in [4.78, 5) is 12.3. The van der Waals surface area contributed by atoms with E-state index in [2.05, 4.69) is 0 Å². The monoisotopic (exact) mass is 340 g/mol. The smallest absolute Gasteiger partial charge is 0.189 e. The molecule has 0 fully saturated rings. The minimum absolute atomic E-state index is 0.0784. The van der Waals surface area contributed by atoms with E-state index in [1.807, 2.05) is 18.2 Å². The average Bonchev–Trinajstić information content (AvgIpc) is 2.61. The van der Waals surface area contributed by atoms with Crippen molar-refractivity contribution < 1.29 is 24.1 Å². The Bertz CT molecular complexity index is 795. The van der Waals surface area contributed by atoms with Crippen LogP contribution in [0.5, 0.6) is 23.0 Å². The number of aromatic hydroxyl groups is 1. The number of phenolic OH excluding ortho intramolecular Hbond substituents is 1. The van der Waals surface area contributed by atoms with Crippen LogP contribution >= 0.6 is 0 Å². The normalized spacial score (nSPS) is 14.0. The van der Waals surface area contributed by atoms with Gasteiger partial charge in [-0.1, -0.05) is 12.1 Å². The van der Waals surface area contributed by atoms with E-state index in [0.29, 0.717) is 30.5 Å². The van der Waals surface area contributed by atoms with Gasteiger partial charge in [-0.15, -0.1) is 0 Å². The molecule has 5 nitrogen and oxygen atoms in total. The highest BCUT2D eigenvalue weighted by molar-refractivity contribution is 6.08. The standard InChI is InChI=1S/C20H20O5/c1-23-15-6-8-18(22)16(13-15)17(21)7-4-14-5-9-19-20(12-14)25-11-3-2-10-24-19/h4-9,12-13,22H,2-3,10-11H2,1H3. The summed E-state index contributed by atoms with van der Waals surface area (Å²) >= 11 is 0. The first-order valence-electron chi connectivity index (χ1n) is 8.16. The van der Waals surface area contributed by atoms with Crippen LogP contribution in [0.1, 0.15) is 28.8 Å². The molecule has 1 N–H and O–H groups in total. The maximum atomic E-state index is 12.3. The van der Waals surface area contributed by atoms with Crippen LogP contribution < -0.4 is 14.2 Å². The van der Waals surface area contributed by atoms with Gasteiger partial charge in [0, 0.05) is 0 Å². The van der Waals surface area contributed by atoms with Gasteiger partial charge in [0.15, 0.2) is 17.3 Å². The Labute approximate surface area is 146 Å². The minimum Gasteiger partial charge on any atom is -0.507 e. The summed E-state index contributed by atoms with van der Waals surface area (Å²) in [5.41, 5.74) is 1.01. The molecule has 0 radical (unpaired) electrons. The van der Waals surface area contributed by atoms with Crippen molar-refractivity contribution in [3.8, 4) is 23.0 Å². The maximum Gasteiger partial charge on any atom is 0.189 e. The molecule has 1 heterocycles. The second kappa shape index (κ2) is 7.75. The number of ether oxygens (including phenoxy) is 3. The van der Waals surface area contributed by atoms with Gasteiger partial charge < -0.3 is 19.3 Å². The Morgan fingerprint density at radius 1 is 1.08 bits per heavy atom. The highest BCUT2D eigenvalue weighted by atomic mass is 16.5. The molecule has 2 aromatic rings. The van der Waals surface area contributed by atoms with Gasteiger partial charge in [0.25, 0.3) is 0 Å². The van der Waals surface area contributed by atoms with Crippen molar-refractivity contribution in [3.63, 3.8) is 0 Å². The van der Waals surface area contributed by atoms with Crippen molar-refractivity contribution in [2.24, 2.45) is 0 Å². The van der Waals surface area contributed by atoms with Gasteiger partial charge in [-0.25, -0.2) is 0 Å². The van der Waals surface area contributed by atoms with Crippen LogP contribution in [0.3, 0.4) is 0 Å². The molecule has 130 valence electrons. The second-order valence-corrected chi connectivity index (χ2v) is 5.69. The van der Waals surface area contributed by atoms with Crippen LogP contribution in [0.4, 0.5) is 0 Å². The van der Waals surface area contributed by atoms with Crippen molar-refractivity contribution in [2.45, 2.75) is 12.8 Å². The van der Waals surface area contributed by atoms with Gasteiger partial charge in [-0.3, -0.25) is 4.79 Å². The molecular formula is C20H20O5. The number of phenols is 1. The third-order valence-electron chi connectivity index (χ3n) is 3.92. The van der Waals surface area contributed by atoms with Crippen molar-refractivity contribution in [3.05, 3.63) is 53.6 Å². The molecule has 0 unspecified atom stereocenters. The molecule has 0 saturated carbocycles. The van der Waals surface area contributed by atoms with E-state index in [-0.39, 0.29) is 17.1 Å². The van der Waals surface area contributed by atoms with Crippen molar-refractivity contribution in [2.75, 3.05) is 20.3 Å². The van der Waals surface area contributed by atoms with Gasteiger partial charge >= 0.3 is 0 Å². The highest BCUT2D eigenvalue weighted by Gasteiger charge is 2.11. The van der Waals surface area contributed by atoms with Crippen LogP contribution in [0, 0.1) is 0 Å². The number of hydrogen-bond donors (Lipinski definition) is 1. The summed E-state index contributed by atoms with van der Waals surface area (Å²) in [5, 5.41) is 9.87. The summed E-state index contributed by atoms with van der Waals surface area (Å²) in [6.07, 6.45) is 5.02. The average molecular weight is 340 g/mol. The van der Waals surface area contributed by atoms with Gasteiger partial charge in [0.1, 0.15) is 11.5 Å². The lowest BCUT2D eigenvalue weighted by molar-refractivity contribution is 0.104. The van der Waals surface area contributed by atoms with E-state index < -0.39 is 0 Å². The van der Waals surface area contributed by atoms with Gasteiger partial charge in [0.05, 0.1) is 25.9 Å². The van der Waals surface area contributed by atoms with Crippen LogP contribution in [-0.4, -0.2) is 31.2 Å². The van der Waals surface area contributed by atoms with E-state index in [4.69, 9.17) is 14.2 Å². The molecule has 0 aromatic heterocycles. The van der Waals surface area contributed by atoms with Crippen molar-refractivity contribution in [1.29, 1.82) is 0 Å². The number of allylic oxidation sites excluding steroid dienone is 1. The van der Waals surface area contributed by atoms with Crippen LogP contribution in [0.2, 0.25) is 0 Å². The third-order valence-corrected chi connectivity index (χ3v) is 3.92. The Morgan fingerprint density at radius 3 is 2.60 bits per heavy atom. The molecule has 0 saturated heterocycles. The summed E-state index contributed by atoms with van der Waals surface area (Å²) < 4.78 is 16.5. The van der Waals surface area contributed by atoms with E-state index in [1.165, 1.54) is 25.3 Å². The zero-order chi connectivity index (χ0) is 17.6. The van der Waals surface area contributed by atoms with E-state index in [1.54, 1.807) is 12.1 Å². The minimum atomic E-state index is -0.305. The Kier molecular flexibility index (Phi) is 5.23. The van der Waals surface area contributed by atoms with E-state index in [9.17, 15) is 9.90 Å². The van der Waals surface area contributed by atoms with Crippen LogP contribution in [0.25, 0.3) is 6.08 Å². The van der Waals surface area contributed by atoms with E-state index in [0.717, 1.165) is 18.4 Å². The number of benzene rings is 2. The lowest BCUT2D eigenvalue weighted by atomic mass is 10.1. The fraction of sp³-hybridized carbons (Fsp3) is 0.250. The van der Waals surface area contributed by atoms with Crippen LogP contribution in [-0.2, 0) is 0 Å². The molecule has 0 spiro atoms. The predicted octanol–water partition coefficient (Wildman–Crippen LogP) is 3.85. The van der Waals surface area contributed by atoms with Crippen molar-refractivity contribution in [1.82, 2.24) is 0 Å². The molecule has 25 heavy (non-hydrogen) atoms. The molecule has 0 atom stereocenters. The van der Waals surface area contributed by atoms with Gasteiger partial charge in [-0.2, -0.15) is 0 Å². The lowest BCUT2D eigenvalue weighted by Gasteiger charge is -2.16. The van der Waals surface area contributed by atoms with Crippen molar-refractivity contribution >= 4 is 11.9 Å². The number of rotatable bonds is 4. The quantitative estimate of drug-likeness (QED) is 0.676. The first kappa shape index (κ1) is 16.9. The molecular weight excluding hydrogens is 320 g/mol. The largest absolute Gasteiger partial charge is 0.507 e. The summed E-state index contributed by atoms with van der Waals surface area (Å²) in [7, 11) is 1.51. The van der Waals surface area contributed by atoms with E-state index >= 15 is 0 Å². The summed E-state index contributed by atoms with van der Waals surface area (Å²) in [6.45, 7) is 1.33. The highest BCUT2D eigenvalue weighted by Crippen LogP contribution is 2.31. The molecule has 0 amide bonds. The molecule has 5 heteroatoms. The molecule has 0 bridgehead atoms. The Hall–Kier alpha value is -2.95. The summed E-state index contributed by atoms with van der Waals surface area (Å²) in [6, 6.07) is 10.1. The topological polar surface area (TPSA) is 65.0 Å². The fourth-order valence-corrected chi connectivity index (χ4v) is 2.53. The first-order chi connectivity index (χ1) is 12.2. The molecule has 3 rings (SSSR count).